The predicted octanol–water partition coefficient (Wildman–Crippen LogP) is 4.48. The first-order valence-corrected chi connectivity index (χ1v) is 11.3. The Morgan fingerprint density at radius 2 is 1.94 bits per heavy atom. The highest BCUT2D eigenvalue weighted by Crippen LogP contribution is 2.28. The summed E-state index contributed by atoms with van der Waals surface area (Å²) in [7, 11) is 0. The fourth-order valence-electron chi connectivity index (χ4n) is 2.46. The Labute approximate surface area is 195 Å². The molecule has 10 nitrogen and oxygen atoms in total. The summed E-state index contributed by atoms with van der Waals surface area (Å²) in [6.07, 6.45) is 0. The molecule has 0 aliphatic heterocycles. The summed E-state index contributed by atoms with van der Waals surface area (Å²) < 4.78 is 5.80. The third-order valence-electron chi connectivity index (χ3n) is 3.80. The van der Waals surface area contributed by atoms with Crippen molar-refractivity contribution < 1.29 is 19.2 Å². The molecule has 166 valence electrons. The first-order chi connectivity index (χ1) is 15.4. The van der Waals surface area contributed by atoms with Crippen LogP contribution >= 0.6 is 34.7 Å². The Hall–Kier alpha value is -3.22. The fourth-order valence-corrected chi connectivity index (χ4v) is 4.18. The number of ether oxygens (including phenoxy) is 1. The Kier molecular flexibility index (Phi) is 7.98. The van der Waals surface area contributed by atoms with Gasteiger partial charge in [0, 0.05) is 16.8 Å². The summed E-state index contributed by atoms with van der Waals surface area (Å²) in [5.41, 5.74) is 0.0611. The number of carbonyl (C=O) groups is 2. The topological polar surface area (TPSA) is 136 Å². The van der Waals surface area contributed by atoms with Gasteiger partial charge in [0.15, 0.2) is 4.34 Å². The summed E-state index contributed by atoms with van der Waals surface area (Å²) in [6.45, 7) is 2.45. The molecule has 0 aliphatic rings. The molecule has 0 radical (unpaired) electrons. The zero-order chi connectivity index (χ0) is 23.1. The van der Waals surface area contributed by atoms with Crippen LogP contribution in [0.4, 0.5) is 16.5 Å². The number of nitro groups is 1. The van der Waals surface area contributed by atoms with Gasteiger partial charge in [0.25, 0.3) is 11.6 Å². The summed E-state index contributed by atoms with van der Waals surface area (Å²) in [6, 6.07) is 10.7. The number of halogens is 1. The first kappa shape index (κ1) is 23.4. The van der Waals surface area contributed by atoms with Gasteiger partial charge in [-0.15, -0.1) is 10.2 Å². The lowest BCUT2D eigenvalue weighted by atomic mass is 10.1. The minimum Gasteiger partial charge on any atom is -0.494 e. The number of nitrogens with zero attached hydrogens (tertiary/aromatic N) is 3. The molecule has 0 bridgehead atoms. The van der Waals surface area contributed by atoms with Gasteiger partial charge in [-0.25, -0.2) is 0 Å². The zero-order valence-corrected chi connectivity index (χ0v) is 18.9. The molecule has 1 aromatic heterocycles. The largest absolute Gasteiger partial charge is 0.494 e. The van der Waals surface area contributed by atoms with E-state index in [4.69, 9.17) is 16.3 Å². The van der Waals surface area contributed by atoms with E-state index in [1.165, 1.54) is 12.1 Å². The van der Waals surface area contributed by atoms with Crippen LogP contribution in [0, 0.1) is 10.1 Å². The van der Waals surface area contributed by atoms with Gasteiger partial charge in [0.05, 0.1) is 17.3 Å². The van der Waals surface area contributed by atoms with Gasteiger partial charge in [0.2, 0.25) is 11.0 Å². The van der Waals surface area contributed by atoms with Crippen LogP contribution in [0.25, 0.3) is 0 Å². The molecular weight excluding hydrogens is 478 g/mol. The molecule has 0 saturated carbocycles. The van der Waals surface area contributed by atoms with Crippen molar-refractivity contribution in [2.45, 2.75) is 11.3 Å². The quantitative estimate of drug-likeness (QED) is 0.192. The molecule has 2 amide bonds. The molecule has 3 aromatic rings. The molecule has 1 heterocycles. The number of hydrogen-bond donors (Lipinski definition) is 2. The van der Waals surface area contributed by atoms with Crippen molar-refractivity contribution in [1.82, 2.24) is 10.2 Å². The van der Waals surface area contributed by atoms with Gasteiger partial charge in [-0.1, -0.05) is 34.7 Å². The molecule has 0 spiro atoms. The van der Waals surface area contributed by atoms with Gasteiger partial charge >= 0.3 is 0 Å². The smallest absolute Gasteiger partial charge is 0.282 e. The number of carbonyl (C=O) groups excluding carboxylic acids is 2. The van der Waals surface area contributed by atoms with Crippen molar-refractivity contribution in [2.75, 3.05) is 23.0 Å². The number of rotatable bonds is 9. The van der Waals surface area contributed by atoms with Crippen LogP contribution in [0.1, 0.15) is 17.3 Å². The fraction of sp³-hybridized carbons (Fsp3) is 0.158. The highest BCUT2D eigenvalue weighted by Gasteiger charge is 2.22. The van der Waals surface area contributed by atoms with Crippen LogP contribution in [0.15, 0.2) is 46.8 Å². The first-order valence-electron chi connectivity index (χ1n) is 9.10. The number of thioether (sulfide) groups is 1. The Balaban J connectivity index is 1.55. The van der Waals surface area contributed by atoms with E-state index in [2.05, 4.69) is 20.8 Å². The van der Waals surface area contributed by atoms with Crippen LogP contribution in [0.3, 0.4) is 0 Å². The van der Waals surface area contributed by atoms with E-state index >= 15 is 0 Å². The average Bonchev–Trinajstić information content (AvgIpc) is 3.21. The molecule has 13 heteroatoms. The van der Waals surface area contributed by atoms with Gasteiger partial charge < -0.3 is 10.1 Å². The molecule has 2 aromatic carbocycles. The van der Waals surface area contributed by atoms with E-state index in [0.717, 1.165) is 29.2 Å². The molecule has 2 N–H and O–H groups in total. The monoisotopic (exact) mass is 493 g/mol. The number of aromatic nitrogens is 2. The Bertz CT molecular complexity index is 1140. The number of anilines is 2. The predicted molar refractivity (Wildman–Crippen MR) is 123 cm³/mol. The maximum absolute atomic E-state index is 12.4. The normalized spacial score (nSPS) is 10.4. The number of benzene rings is 2. The lowest BCUT2D eigenvalue weighted by molar-refractivity contribution is -0.385. The van der Waals surface area contributed by atoms with Crippen LogP contribution in [-0.4, -0.2) is 39.3 Å². The highest BCUT2D eigenvalue weighted by atomic mass is 35.5. The molecule has 3 rings (SSSR count). The number of nitrogens with one attached hydrogen (secondary N) is 2. The number of hydrogen-bond acceptors (Lipinski definition) is 9. The van der Waals surface area contributed by atoms with Crippen molar-refractivity contribution in [3.05, 3.63) is 63.2 Å². The van der Waals surface area contributed by atoms with Crippen molar-refractivity contribution in [1.29, 1.82) is 0 Å². The van der Waals surface area contributed by atoms with Crippen molar-refractivity contribution >= 4 is 63.0 Å². The van der Waals surface area contributed by atoms with Crippen LogP contribution < -0.4 is 15.4 Å². The van der Waals surface area contributed by atoms with Crippen molar-refractivity contribution in [3.8, 4) is 5.75 Å². The van der Waals surface area contributed by atoms with Crippen LogP contribution in [0.5, 0.6) is 5.75 Å². The summed E-state index contributed by atoms with van der Waals surface area (Å²) in [5.74, 6) is -0.184. The van der Waals surface area contributed by atoms with Crippen LogP contribution in [0.2, 0.25) is 5.02 Å². The molecule has 0 unspecified atom stereocenters. The van der Waals surface area contributed by atoms with Gasteiger partial charge in [-0.3, -0.25) is 25.0 Å². The van der Waals surface area contributed by atoms with Gasteiger partial charge in [-0.2, -0.15) is 0 Å². The summed E-state index contributed by atoms with van der Waals surface area (Å²) >= 11 is 8.03. The lowest BCUT2D eigenvalue weighted by Gasteiger charge is -2.06. The molecule has 0 fully saturated rings. The van der Waals surface area contributed by atoms with E-state index in [1.807, 2.05) is 6.92 Å². The minimum atomic E-state index is -0.736. The van der Waals surface area contributed by atoms with Crippen molar-refractivity contribution in [2.24, 2.45) is 0 Å². The zero-order valence-electron chi connectivity index (χ0n) is 16.5. The van der Waals surface area contributed by atoms with E-state index in [-0.39, 0.29) is 33.1 Å². The molecule has 0 aliphatic carbocycles. The minimum absolute atomic E-state index is 0.0789. The second kappa shape index (κ2) is 10.9. The van der Waals surface area contributed by atoms with E-state index in [9.17, 15) is 19.7 Å². The van der Waals surface area contributed by atoms with E-state index in [1.54, 1.807) is 24.3 Å². The van der Waals surface area contributed by atoms with Gasteiger partial charge in [-0.05, 0) is 43.3 Å². The average molecular weight is 494 g/mol. The van der Waals surface area contributed by atoms with Gasteiger partial charge in [0.1, 0.15) is 11.3 Å². The summed E-state index contributed by atoms with van der Waals surface area (Å²) in [4.78, 5) is 35.0. The second-order valence-corrected chi connectivity index (χ2v) is 8.68. The highest BCUT2D eigenvalue weighted by molar-refractivity contribution is 8.01. The number of nitro benzene ring substituents is 1. The second-order valence-electron chi connectivity index (χ2n) is 6.04. The maximum atomic E-state index is 12.4. The SMILES string of the molecule is CCOc1ccc(NC(=O)CSc2nnc(NC(=O)c3cc(Cl)ccc3[N+](=O)[O-])s2)cc1. The third-order valence-corrected chi connectivity index (χ3v) is 6.01. The van der Waals surface area contributed by atoms with E-state index < -0.39 is 10.8 Å². The molecule has 0 atom stereocenters. The van der Waals surface area contributed by atoms with E-state index in [0.29, 0.717) is 22.4 Å². The Morgan fingerprint density at radius 1 is 1.19 bits per heavy atom. The summed E-state index contributed by atoms with van der Waals surface area (Å²) in [5, 5.41) is 24.4. The number of amides is 2. The maximum Gasteiger partial charge on any atom is 0.282 e. The molecule has 0 saturated heterocycles. The van der Waals surface area contributed by atoms with Crippen LogP contribution in [-0.2, 0) is 4.79 Å². The molecule has 32 heavy (non-hydrogen) atoms. The standard InChI is InChI=1S/C19H16ClN5O5S2/c1-2-30-13-6-4-12(5-7-13)21-16(26)10-31-19-24-23-18(32-19)22-17(27)14-9-11(20)3-8-15(14)25(28)29/h3-9H,2,10H2,1H3,(H,21,26)(H,22,23,27). The van der Waals surface area contributed by atoms with Crippen molar-refractivity contribution in [3.63, 3.8) is 0 Å². The lowest BCUT2D eigenvalue weighted by Crippen LogP contribution is -2.14. The Morgan fingerprint density at radius 3 is 2.62 bits per heavy atom. The third kappa shape index (κ3) is 6.39. The molecular formula is C19H16ClN5O5S2.